The van der Waals surface area contributed by atoms with Crippen LogP contribution in [0.5, 0.6) is 0 Å². The number of benzene rings is 2. The van der Waals surface area contributed by atoms with Crippen molar-refractivity contribution in [1.29, 1.82) is 0 Å². The van der Waals surface area contributed by atoms with Gasteiger partial charge in [-0.05, 0) is 56.3 Å². The van der Waals surface area contributed by atoms with Crippen LogP contribution in [0.25, 0.3) is 5.69 Å². The van der Waals surface area contributed by atoms with Gasteiger partial charge in [0, 0.05) is 25.0 Å². The van der Waals surface area contributed by atoms with Crippen LogP contribution in [0.3, 0.4) is 0 Å². The highest BCUT2D eigenvalue weighted by Crippen LogP contribution is 2.19. The minimum absolute atomic E-state index is 0.101. The van der Waals surface area contributed by atoms with Crippen molar-refractivity contribution in [2.24, 2.45) is 0 Å². The second kappa shape index (κ2) is 8.14. The van der Waals surface area contributed by atoms with Crippen LogP contribution in [0.1, 0.15) is 24.3 Å². The molecule has 0 atom stereocenters. The number of nitrogens with zero attached hydrogens (tertiary/aromatic N) is 3. The molecule has 29 heavy (non-hydrogen) atoms. The first-order valence-electron chi connectivity index (χ1n) is 8.90. The summed E-state index contributed by atoms with van der Waals surface area (Å²) in [6.45, 7) is 3.57. The topological polar surface area (TPSA) is 84.3 Å². The number of halogens is 1. The summed E-state index contributed by atoms with van der Waals surface area (Å²) in [5.41, 5.74) is 0.751. The van der Waals surface area contributed by atoms with E-state index in [2.05, 4.69) is 10.4 Å². The summed E-state index contributed by atoms with van der Waals surface area (Å²) in [5, 5.41) is 6.75. The summed E-state index contributed by atoms with van der Waals surface area (Å²) < 4.78 is 41.4. The number of amides is 1. The molecule has 1 aromatic heterocycles. The minimum Gasteiger partial charge on any atom is -0.321 e. The van der Waals surface area contributed by atoms with Gasteiger partial charge in [0.2, 0.25) is 10.0 Å². The average Bonchev–Trinajstić information content (AvgIpc) is 3.18. The van der Waals surface area contributed by atoms with Gasteiger partial charge in [0.25, 0.3) is 5.91 Å². The number of carbonyl (C=O) groups excluding carboxylic acids is 1. The molecule has 0 radical (unpaired) electrons. The van der Waals surface area contributed by atoms with Gasteiger partial charge in [-0.1, -0.05) is 12.1 Å². The quantitative estimate of drug-likeness (QED) is 0.668. The first kappa shape index (κ1) is 20.7. The molecular weight excluding hydrogens is 395 g/mol. The van der Waals surface area contributed by atoms with Gasteiger partial charge < -0.3 is 5.32 Å². The third kappa shape index (κ3) is 4.36. The Morgan fingerprint density at radius 1 is 1.10 bits per heavy atom. The lowest BCUT2D eigenvalue weighted by atomic mass is 10.3. The highest BCUT2D eigenvalue weighted by molar-refractivity contribution is 7.89. The maximum absolute atomic E-state index is 13.9. The molecule has 0 saturated carbocycles. The van der Waals surface area contributed by atoms with Gasteiger partial charge in [-0.2, -0.15) is 9.40 Å². The van der Waals surface area contributed by atoms with E-state index >= 15 is 0 Å². The Kier molecular flexibility index (Phi) is 5.81. The number of nitrogens with one attached hydrogen (secondary N) is 1. The Morgan fingerprint density at radius 3 is 2.38 bits per heavy atom. The van der Waals surface area contributed by atoms with Crippen molar-refractivity contribution in [2.75, 3.05) is 12.4 Å². The van der Waals surface area contributed by atoms with Crippen molar-refractivity contribution in [3.05, 3.63) is 72.3 Å². The van der Waals surface area contributed by atoms with Gasteiger partial charge in [-0.25, -0.2) is 17.5 Å². The van der Waals surface area contributed by atoms with Gasteiger partial charge in [0.1, 0.15) is 11.5 Å². The van der Waals surface area contributed by atoms with E-state index in [1.54, 1.807) is 32.0 Å². The van der Waals surface area contributed by atoms with Crippen LogP contribution < -0.4 is 5.32 Å². The number of sulfonamides is 1. The minimum atomic E-state index is -3.60. The molecule has 0 aliphatic rings. The molecule has 1 amide bonds. The summed E-state index contributed by atoms with van der Waals surface area (Å²) in [7, 11) is -2.08. The molecule has 0 aliphatic heterocycles. The molecule has 9 heteroatoms. The lowest BCUT2D eigenvalue weighted by Crippen LogP contribution is -2.33. The number of anilines is 1. The summed E-state index contributed by atoms with van der Waals surface area (Å²) >= 11 is 0. The van der Waals surface area contributed by atoms with Crippen molar-refractivity contribution in [1.82, 2.24) is 14.1 Å². The largest absolute Gasteiger partial charge is 0.321 e. The van der Waals surface area contributed by atoms with Crippen LogP contribution in [-0.4, -0.2) is 41.5 Å². The monoisotopic (exact) mass is 416 g/mol. The third-order valence-corrected chi connectivity index (χ3v) is 6.49. The molecule has 0 bridgehead atoms. The molecule has 3 aromatic rings. The van der Waals surface area contributed by atoms with E-state index in [1.165, 1.54) is 58.6 Å². The highest BCUT2D eigenvalue weighted by atomic mass is 32.2. The Labute approximate surface area is 168 Å². The predicted molar refractivity (Wildman–Crippen MR) is 108 cm³/mol. The molecule has 0 unspecified atom stereocenters. The Morgan fingerprint density at radius 2 is 1.76 bits per heavy atom. The van der Waals surface area contributed by atoms with E-state index in [4.69, 9.17) is 0 Å². The summed E-state index contributed by atoms with van der Waals surface area (Å²) in [5.74, 6) is -0.944. The molecule has 0 aliphatic carbocycles. The molecule has 3 rings (SSSR count). The Balaban J connectivity index is 1.74. The standard InChI is InChI=1S/C20H21FN4O3S/c1-14(2)24(3)29(27,28)16-10-8-15(9-11-16)22-20(26)18-12-13-25(23-18)19-7-5-4-6-17(19)21/h4-14H,1-3H3,(H,22,26). The molecular formula is C20H21FN4O3S. The smallest absolute Gasteiger partial charge is 0.276 e. The lowest BCUT2D eigenvalue weighted by Gasteiger charge is -2.21. The maximum atomic E-state index is 13.9. The van der Waals surface area contributed by atoms with Gasteiger partial charge in [0.15, 0.2) is 5.69 Å². The van der Waals surface area contributed by atoms with E-state index in [1.807, 2.05) is 0 Å². The first-order chi connectivity index (χ1) is 13.7. The second-order valence-corrected chi connectivity index (χ2v) is 8.69. The van der Waals surface area contributed by atoms with Crippen molar-refractivity contribution >= 4 is 21.6 Å². The van der Waals surface area contributed by atoms with E-state index < -0.39 is 21.7 Å². The second-order valence-electron chi connectivity index (χ2n) is 6.69. The fourth-order valence-electron chi connectivity index (χ4n) is 2.57. The number of para-hydroxylation sites is 1. The molecule has 152 valence electrons. The lowest BCUT2D eigenvalue weighted by molar-refractivity contribution is 0.102. The van der Waals surface area contributed by atoms with Crippen LogP contribution in [0.4, 0.5) is 10.1 Å². The van der Waals surface area contributed by atoms with Crippen molar-refractivity contribution in [2.45, 2.75) is 24.8 Å². The first-order valence-corrected chi connectivity index (χ1v) is 10.3. The van der Waals surface area contributed by atoms with Gasteiger partial charge in [-0.3, -0.25) is 4.79 Å². The van der Waals surface area contributed by atoms with Crippen molar-refractivity contribution in [3.63, 3.8) is 0 Å². The van der Waals surface area contributed by atoms with Gasteiger partial charge in [0.05, 0.1) is 4.90 Å². The molecule has 0 spiro atoms. The molecule has 2 aromatic carbocycles. The SMILES string of the molecule is CC(C)N(C)S(=O)(=O)c1ccc(NC(=O)c2ccn(-c3ccccc3F)n2)cc1. The number of aromatic nitrogens is 2. The normalized spacial score (nSPS) is 11.8. The maximum Gasteiger partial charge on any atom is 0.276 e. The number of rotatable bonds is 6. The summed E-state index contributed by atoms with van der Waals surface area (Å²) in [4.78, 5) is 12.6. The predicted octanol–water partition coefficient (Wildman–Crippen LogP) is 3.29. The molecule has 0 saturated heterocycles. The van der Waals surface area contributed by atoms with Crippen LogP contribution in [0.15, 0.2) is 65.7 Å². The zero-order valence-corrected chi connectivity index (χ0v) is 17.0. The Hall–Kier alpha value is -3.04. The average molecular weight is 416 g/mol. The van der Waals surface area contributed by atoms with E-state index in [0.29, 0.717) is 5.69 Å². The van der Waals surface area contributed by atoms with E-state index in [9.17, 15) is 17.6 Å². The fraction of sp³-hybridized carbons (Fsp3) is 0.200. The number of hydrogen-bond donors (Lipinski definition) is 1. The van der Waals surface area contributed by atoms with Crippen molar-refractivity contribution < 1.29 is 17.6 Å². The fourth-order valence-corrected chi connectivity index (χ4v) is 3.93. The van der Waals surface area contributed by atoms with Crippen LogP contribution >= 0.6 is 0 Å². The van der Waals surface area contributed by atoms with E-state index in [0.717, 1.165) is 0 Å². The molecule has 1 N–H and O–H groups in total. The van der Waals surface area contributed by atoms with Crippen molar-refractivity contribution in [3.8, 4) is 5.69 Å². The molecule has 7 nitrogen and oxygen atoms in total. The van der Waals surface area contributed by atoms with Crippen LogP contribution in [0.2, 0.25) is 0 Å². The zero-order chi connectivity index (χ0) is 21.2. The van der Waals surface area contributed by atoms with Gasteiger partial charge >= 0.3 is 0 Å². The van der Waals surface area contributed by atoms with E-state index in [-0.39, 0.29) is 22.3 Å². The summed E-state index contributed by atoms with van der Waals surface area (Å²) in [6, 6.07) is 13.3. The zero-order valence-electron chi connectivity index (χ0n) is 16.2. The molecule has 1 heterocycles. The van der Waals surface area contributed by atoms with Gasteiger partial charge in [-0.15, -0.1) is 0 Å². The Bertz CT molecular complexity index is 1120. The molecule has 0 fully saturated rings. The third-order valence-electron chi connectivity index (χ3n) is 4.44. The summed E-state index contributed by atoms with van der Waals surface area (Å²) in [6.07, 6.45) is 1.49. The highest BCUT2D eigenvalue weighted by Gasteiger charge is 2.23. The number of carbonyl (C=O) groups is 1. The van der Waals surface area contributed by atoms with Crippen LogP contribution in [-0.2, 0) is 10.0 Å². The van der Waals surface area contributed by atoms with Crippen LogP contribution in [0, 0.1) is 5.82 Å². The number of hydrogen-bond acceptors (Lipinski definition) is 4.